The van der Waals surface area contributed by atoms with Crippen LogP contribution in [0.4, 0.5) is 5.95 Å². The van der Waals surface area contributed by atoms with E-state index in [2.05, 4.69) is 22.2 Å². The monoisotopic (exact) mass is 356 g/mol. The Labute approximate surface area is 155 Å². The summed E-state index contributed by atoms with van der Waals surface area (Å²) in [4.78, 5) is 19.4. The molecule has 0 aliphatic carbocycles. The van der Waals surface area contributed by atoms with Crippen LogP contribution in [0.5, 0.6) is 0 Å². The normalized spacial score (nSPS) is 9.65. The number of carbonyl (C=O) groups is 1. The summed E-state index contributed by atoms with van der Waals surface area (Å²) in [7, 11) is 0. The van der Waals surface area contributed by atoms with Crippen LogP contribution in [0, 0.1) is 12.3 Å². The van der Waals surface area contributed by atoms with Crippen molar-refractivity contribution in [3.05, 3.63) is 53.3 Å². The molecule has 0 radical (unpaired) electrons. The molecular weight excluding hydrogens is 328 g/mol. The molecule has 0 amide bonds. The smallest absolute Gasteiger partial charge is 0.338 e. The number of hydrogen-bond acceptors (Lipinski definition) is 6. The number of anilines is 1. The molecular formula is C20H28N4O2. The summed E-state index contributed by atoms with van der Waals surface area (Å²) in [6.45, 7) is 7.20. The predicted octanol–water partition coefficient (Wildman–Crippen LogP) is 4.25. The molecule has 0 bridgehead atoms. The van der Waals surface area contributed by atoms with Crippen LogP contribution in [-0.4, -0.2) is 35.3 Å². The van der Waals surface area contributed by atoms with Gasteiger partial charge in [0.1, 0.15) is 0 Å². The Kier molecular flexibility index (Phi) is 10.3. The fourth-order valence-corrected chi connectivity index (χ4v) is 2.10. The molecule has 140 valence electrons. The number of esters is 1. The summed E-state index contributed by atoms with van der Waals surface area (Å²) in [5, 5.41) is 10.3. The van der Waals surface area contributed by atoms with Gasteiger partial charge in [0.25, 0.3) is 0 Å². The van der Waals surface area contributed by atoms with Crippen molar-refractivity contribution in [1.82, 2.24) is 9.97 Å². The maximum absolute atomic E-state index is 11.3. The highest BCUT2D eigenvalue weighted by Gasteiger charge is 2.07. The third-order valence-electron chi connectivity index (χ3n) is 3.58. The van der Waals surface area contributed by atoms with Crippen LogP contribution in [0.1, 0.15) is 54.6 Å². The molecule has 26 heavy (non-hydrogen) atoms. The first-order valence-electron chi connectivity index (χ1n) is 8.91. The number of unbranched alkanes of at least 4 members (excludes halogenated alkanes) is 2. The SMILES string of the molecule is CCCCCNc1ncccn1.CCOC(=O)c1ccc(C)c(C=N)c1. The Morgan fingerprint density at radius 3 is 2.58 bits per heavy atom. The standard InChI is InChI=1S/C11H13NO2.C9H15N3/c1-3-14-11(13)9-5-4-8(2)10(6-9)7-12;1-2-3-4-6-10-9-11-7-5-8-12-9/h4-7,12H,3H2,1-2H3;5,7-8H,2-4,6H2,1H3,(H,10,11,12). The molecule has 0 aliphatic heterocycles. The Hall–Kier alpha value is -2.76. The third-order valence-corrected chi connectivity index (χ3v) is 3.58. The van der Waals surface area contributed by atoms with Crippen molar-refractivity contribution in [3.8, 4) is 0 Å². The summed E-state index contributed by atoms with van der Waals surface area (Å²) in [6.07, 6.45) is 8.42. The second kappa shape index (κ2) is 12.6. The van der Waals surface area contributed by atoms with Gasteiger partial charge in [-0.3, -0.25) is 0 Å². The van der Waals surface area contributed by atoms with E-state index in [9.17, 15) is 4.79 Å². The lowest BCUT2D eigenvalue weighted by atomic mass is 10.1. The van der Waals surface area contributed by atoms with Crippen LogP contribution in [0.15, 0.2) is 36.7 Å². The van der Waals surface area contributed by atoms with Crippen molar-refractivity contribution in [1.29, 1.82) is 5.41 Å². The predicted molar refractivity (Wildman–Crippen MR) is 105 cm³/mol. The van der Waals surface area contributed by atoms with Crippen LogP contribution < -0.4 is 5.32 Å². The van der Waals surface area contributed by atoms with Gasteiger partial charge in [-0.15, -0.1) is 0 Å². The number of carbonyl (C=O) groups excluding carboxylic acids is 1. The molecule has 0 unspecified atom stereocenters. The number of hydrogen-bond donors (Lipinski definition) is 2. The van der Waals surface area contributed by atoms with Gasteiger partial charge in [0, 0.05) is 25.2 Å². The molecule has 0 atom stereocenters. The average molecular weight is 356 g/mol. The third kappa shape index (κ3) is 7.88. The molecule has 2 rings (SSSR count). The minimum Gasteiger partial charge on any atom is -0.462 e. The van der Waals surface area contributed by atoms with E-state index in [4.69, 9.17) is 10.1 Å². The summed E-state index contributed by atoms with van der Waals surface area (Å²) in [6, 6.07) is 7.00. The van der Waals surface area contributed by atoms with E-state index in [1.807, 2.05) is 19.1 Å². The van der Waals surface area contributed by atoms with Crippen molar-refractivity contribution < 1.29 is 9.53 Å². The summed E-state index contributed by atoms with van der Waals surface area (Å²) >= 11 is 0. The Morgan fingerprint density at radius 1 is 1.23 bits per heavy atom. The number of aryl methyl sites for hydroxylation is 1. The van der Waals surface area contributed by atoms with E-state index in [1.165, 1.54) is 25.5 Å². The summed E-state index contributed by atoms with van der Waals surface area (Å²) in [5.41, 5.74) is 2.22. The van der Waals surface area contributed by atoms with Crippen LogP contribution in [0.25, 0.3) is 0 Å². The topological polar surface area (TPSA) is 88.0 Å². The van der Waals surface area contributed by atoms with Crippen molar-refractivity contribution >= 4 is 18.1 Å². The Balaban J connectivity index is 0.000000263. The van der Waals surface area contributed by atoms with E-state index < -0.39 is 0 Å². The molecule has 0 saturated heterocycles. The van der Waals surface area contributed by atoms with Gasteiger partial charge in [-0.05, 0) is 49.6 Å². The Morgan fingerprint density at radius 2 is 1.96 bits per heavy atom. The van der Waals surface area contributed by atoms with Crippen LogP contribution in [-0.2, 0) is 4.74 Å². The highest BCUT2D eigenvalue weighted by Crippen LogP contribution is 2.10. The highest BCUT2D eigenvalue weighted by molar-refractivity contribution is 5.92. The molecule has 6 nitrogen and oxygen atoms in total. The quantitative estimate of drug-likeness (QED) is 0.419. The van der Waals surface area contributed by atoms with E-state index in [0.717, 1.165) is 23.6 Å². The lowest BCUT2D eigenvalue weighted by Crippen LogP contribution is -2.05. The minimum atomic E-state index is -0.337. The highest BCUT2D eigenvalue weighted by atomic mass is 16.5. The maximum Gasteiger partial charge on any atom is 0.338 e. The van der Waals surface area contributed by atoms with Gasteiger partial charge in [-0.2, -0.15) is 0 Å². The van der Waals surface area contributed by atoms with Crippen LogP contribution in [0.3, 0.4) is 0 Å². The fraction of sp³-hybridized carbons (Fsp3) is 0.400. The summed E-state index contributed by atoms with van der Waals surface area (Å²) < 4.78 is 4.85. The van der Waals surface area contributed by atoms with Gasteiger partial charge in [0.05, 0.1) is 12.2 Å². The van der Waals surface area contributed by atoms with E-state index >= 15 is 0 Å². The largest absolute Gasteiger partial charge is 0.462 e. The first-order chi connectivity index (χ1) is 12.6. The average Bonchev–Trinajstić information content (AvgIpc) is 2.67. The van der Waals surface area contributed by atoms with Crippen molar-refractivity contribution in [2.75, 3.05) is 18.5 Å². The molecule has 0 fully saturated rings. The van der Waals surface area contributed by atoms with Crippen LogP contribution >= 0.6 is 0 Å². The van der Waals surface area contributed by atoms with E-state index in [-0.39, 0.29) is 5.97 Å². The second-order valence-corrected chi connectivity index (χ2v) is 5.64. The molecule has 2 aromatic rings. The van der Waals surface area contributed by atoms with Gasteiger partial charge in [-0.1, -0.05) is 25.8 Å². The number of nitrogens with zero attached hydrogens (tertiary/aromatic N) is 2. The zero-order valence-corrected chi connectivity index (χ0v) is 15.8. The van der Waals surface area contributed by atoms with Crippen molar-refractivity contribution in [2.45, 2.75) is 40.0 Å². The fourth-order valence-electron chi connectivity index (χ4n) is 2.10. The molecule has 1 heterocycles. The lowest BCUT2D eigenvalue weighted by Gasteiger charge is -2.04. The molecule has 1 aromatic heterocycles. The van der Waals surface area contributed by atoms with Gasteiger partial charge in [0.2, 0.25) is 5.95 Å². The summed E-state index contributed by atoms with van der Waals surface area (Å²) in [5.74, 6) is 0.393. The number of benzene rings is 1. The minimum absolute atomic E-state index is 0.337. The van der Waals surface area contributed by atoms with Gasteiger partial charge in [-0.25, -0.2) is 14.8 Å². The van der Waals surface area contributed by atoms with Crippen molar-refractivity contribution in [3.63, 3.8) is 0 Å². The molecule has 2 N–H and O–H groups in total. The first kappa shape index (κ1) is 21.3. The maximum atomic E-state index is 11.3. The molecule has 0 aliphatic rings. The van der Waals surface area contributed by atoms with Gasteiger partial charge < -0.3 is 15.5 Å². The zero-order chi connectivity index (χ0) is 19.2. The van der Waals surface area contributed by atoms with Gasteiger partial charge in [0.15, 0.2) is 0 Å². The van der Waals surface area contributed by atoms with E-state index in [1.54, 1.807) is 31.5 Å². The number of aromatic nitrogens is 2. The number of nitrogens with one attached hydrogen (secondary N) is 2. The molecule has 6 heteroatoms. The zero-order valence-electron chi connectivity index (χ0n) is 15.8. The van der Waals surface area contributed by atoms with Gasteiger partial charge >= 0.3 is 5.97 Å². The van der Waals surface area contributed by atoms with Crippen LogP contribution in [0.2, 0.25) is 0 Å². The molecule has 0 spiro atoms. The second-order valence-electron chi connectivity index (χ2n) is 5.64. The lowest BCUT2D eigenvalue weighted by molar-refractivity contribution is 0.0526. The number of ether oxygens (including phenoxy) is 1. The number of rotatable bonds is 8. The van der Waals surface area contributed by atoms with E-state index in [0.29, 0.717) is 12.2 Å². The molecule has 1 aromatic carbocycles. The molecule has 0 saturated carbocycles. The van der Waals surface area contributed by atoms with Crippen molar-refractivity contribution in [2.24, 2.45) is 0 Å². The first-order valence-corrected chi connectivity index (χ1v) is 8.91. The Bertz CT molecular complexity index is 675.